The van der Waals surface area contributed by atoms with Crippen LogP contribution < -0.4 is 10.2 Å². The van der Waals surface area contributed by atoms with Crippen LogP contribution in [0.1, 0.15) is 58.4 Å². The highest BCUT2D eigenvalue weighted by atomic mass is 35.5. The molecule has 1 atom stereocenters. The van der Waals surface area contributed by atoms with E-state index in [-0.39, 0.29) is 5.91 Å². The second kappa shape index (κ2) is 8.41. The van der Waals surface area contributed by atoms with E-state index in [1.165, 1.54) is 0 Å². The molecule has 4 nitrogen and oxygen atoms in total. The molecule has 0 bridgehead atoms. The lowest BCUT2D eigenvalue weighted by Gasteiger charge is -2.12. The number of hydrogen-bond donors (Lipinski definition) is 1. The van der Waals surface area contributed by atoms with Gasteiger partial charge in [-0.05, 0) is 62.4 Å². The molecule has 1 amide bonds. The molecule has 0 aromatic heterocycles. The van der Waals surface area contributed by atoms with Crippen LogP contribution in [0.15, 0.2) is 29.4 Å². The molecular weight excluding hydrogens is 359 g/mol. The summed E-state index contributed by atoms with van der Waals surface area (Å²) in [6, 6.07) is 7.80. The van der Waals surface area contributed by atoms with Gasteiger partial charge in [-0.3, -0.25) is 4.79 Å². The summed E-state index contributed by atoms with van der Waals surface area (Å²) in [5, 5.41) is 4.35. The van der Waals surface area contributed by atoms with Crippen LogP contribution in [0, 0.1) is 5.41 Å². The smallest absolute Gasteiger partial charge is 0.249 e. The molecule has 1 N–H and O–H groups in total. The Bertz CT molecular complexity index is 629. The minimum absolute atomic E-state index is 0.241. The van der Waals surface area contributed by atoms with E-state index >= 15 is 0 Å². The van der Waals surface area contributed by atoms with Gasteiger partial charge in [0, 0.05) is 0 Å². The van der Waals surface area contributed by atoms with Crippen LogP contribution in [-0.2, 0) is 4.79 Å². The summed E-state index contributed by atoms with van der Waals surface area (Å²) in [5.74, 6) is 0.596. The number of benzene rings is 1. The van der Waals surface area contributed by atoms with Crippen LogP contribution in [0.4, 0.5) is 0 Å². The molecule has 0 radical (unpaired) electrons. The number of nitrogens with one attached hydrogen (secondary N) is 1. The Labute approximate surface area is 159 Å². The fourth-order valence-electron chi connectivity index (χ4n) is 2.46. The molecule has 6 heteroatoms. The van der Waals surface area contributed by atoms with E-state index in [1.807, 2.05) is 24.3 Å². The van der Waals surface area contributed by atoms with Gasteiger partial charge in [-0.25, -0.2) is 5.43 Å². The molecule has 0 heterocycles. The molecule has 0 saturated heterocycles. The van der Waals surface area contributed by atoms with E-state index in [0.29, 0.717) is 13.0 Å². The second-order valence-electron chi connectivity index (χ2n) is 6.69. The van der Waals surface area contributed by atoms with Crippen LogP contribution >= 0.6 is 23.2 Å². The molecule has 1 unspecified atom stereocenters. The molecule has 1 aromatic rings. The topological polar surface area (TPSA) is 50.7 Å². The lowest BCUT2D eigenvalue weighted by molar-refractivity contribution is -0.125. The number of unbranched alkanes of at least 4 members (excludes halogenated alkanes) is 1. The first-order valence-corrected chi connectivity index (χ1v) is 9.57. The molecule has 1 aromatic carbocycles. The SMILES string of the molecule is CCCCC(=NNC(=O)C1(C)CC1(Cl)Cl)c1ccc(OCCC)cc1. The maximum absolute atomic E-state index is 12.3. The molecule has 1 fully saturated rings. The summed E-state index contributed by atoms with van der Waals surface area (Å²) in [7, 11) is 0. The van der Waals surface area contributed by atoms with Crippen molar-refractivity contribution in [2.75, 3.05) is 6.61 Å². The number of amides is 1. The third kappa shape index (κ3) is 4.89. The average molecular weight is 385 g/mol. The Morgan fingerprint density at radius 1 is 1.24 bits per heavy atom. The van der Waals surface area contributed by atoms with Crippen LogP contribution in [0.25, 0.3) is 0 Å². The molecule has 1 aliphatic rings. The maximum Gasteiger partial charge on any atom is 0.249 e. The van der Waals surface area contributed by atoms with Crippen LogP contribution in [0.2, 0.25) is 0 Å². The Kier molecular flexibility index (Phi) is 6.75. The van der Waals surface area contributed by atoms with Gasteiger partial charge in [0.2, 0.25) is 5.91 Å². The van der Waals surface area contributed by atoms with Crippen LogP contribution in [0.5, 0.6) is 5.75 Å². The highest BCUT2D eigenvalue weighted by Gasteiger charge is 2.68. The third-order valence-corrected chi connectivity index (χ3v) is 5.58. The fraction of sp³-hybridized carbons (Fsp3) is 0.579. The van der Waals surface area contributed by atoms with E-state index in [0.717, 1.165) is 42.7 Å². The van der Waals surface area contributed by atoms with E-state index in [2.05, 4.69) is 24.4 Å². The van der Waals surface area contributed by atoms with E-state index < -0.39 is 9.75 Å². The highest BCUT2D eigenvalue weighted by Crippen LogP contribution is 2.63. The van der Waals surface area contributed by atoms with Crippen molar-refractivity contribution in [3.63, 3.8) is 0 Å². The van der Waals surface area contributed by atoms with Gasteiger partial charge in [-0.1, -0.05) is 20.3 Å². The zero-order chi connectivity index (χ0) is 18.5. The number of ether oxygens (including phenoxy) is 1. The zero-order valence-corrected chi connectivity index (χ0v) is 16.6. The van der Waals surface area contributed by atoms with Crippen molar-refractivity contribution in [1.29, 1.82) is 0 Å². The number of carbonyl (C=O) groups is 1. The minimum Gasteiger partial charge on any atom is -0.494 e. The predicted molar refractivity (Wildman–Crippen MR) is 104 cm³/mol. The quantitative estimate of drug-likeness (QED) is 0.367. The number of hydrazone groups is 1. The second-order valence-corrected chi connectivity index (χ2v) is 8.17. The van der Waals surface area contributed by atoms with Gasteiger partial charge < -0.3 is 4.74 Å². The first-order valence-electron chi connectivity index (χ1n) is 8.82. The van der Waals surface area contributed by atoms with Gasteiger partial charge in [0.25, 0.3) is 0 Å². The minimum atomic E-state index is -0.992. The Hall–Kier alpha value is -1.26. The molecule has 138 valence electrons. The Balaban J connectivity index is 2.08. The first kappa shape index (κ1) is 20.1. The molecule has 1 aliphatic carbocycles. The molecule has 0 spiro atoms. The summed E-state index contributed by atoms with van der Waals surface area (Å²) >= 11 is 12.1. The number of rotatable bonds is 9. The Morgan fingerprint density at radius 2 is 1.88 bits per heavy atom. The average Bonchev–Trinajstić information content (AvgIpc) is 3.13. The van der Waals surface area contributed by atoms with Crippen molar-refractivity contribution in [3.8, 4) is 5.75 Å². The maximum atomic E-state index is 12.3. The van der Waals surface area contributed by atoms with Crippen molar-refractivity contribution in [1.82, 2.24) is 5.43 Å². The summed E-state index contributed by atoms with van der Waals surface area (Å²) in [5.41, 5.74) is 3.69. The number of hydrogen-bond acceptors (Lipinski definition) is 3. The number of nitrogens with zero attached hydrogens (tertiary/aromatic N) is 1. The first-order chi connectivity index (χ1) is 11.8. The van der Waals surface area contributed by atoms with Crippen molar-refractivity contribution < 1.29 is 9.53 Å². The molecule has 0 aliphatic heterocycles. The fourth-order valence-corrected chi connectivity index (χ4v) is 3.17. The zero-order valence-electron chi connectivity index (χ0n) is 15.1. The van der Waals surface area contributed by atoms with Gasteiger partial charge >= 0.3 is 0 Å². The van der Waals surface area contributed by atoms with Gasteiger partial charge in [0.15, 0.2) is 0 Å². The van der Waals surface area contributed by atoms with Crippen molar-refractivity contribution in [2.24, 2.45) is 10.5 Å². The number of alkyl halides is 2. The summed E-state index contributed by atoms with van der Waals surface area (Å²) in [4.78, 5) is 12.3. The monoisotopic (exact) mass is 384 g/mol. The van der Waals surface area contributed by atoms with Gasteiger partial charge in [0.1, 0.15) is 10.1 Å². The van der Waals surface area contributed by atoms with E-state index in [1.54, 1.807) is 6.92 Å². The van der Waals surface area contributed by atoms with Crippen LogP contribution in [0.3, 0.4) is 0 Å². The van der Waals surface area contributed by atoms with E-state index in [4.69, 9.17) is 27.9 Å². The number of carbonyl (C=O) groups excluding carboxylic acids is 1. The predicted octanol–water partition coefficient (Wildman–Crippen LogP) is 5.07. The van der Waals surface area contributed by atoms with Crippen molar-refractivity contribution in [2.45, 2.75) is 57.2 Å². The number of halogens is 2. The standard InChI is InChI=1S/C19H26Cl2N2O2/c1-4-6-7-16(14-8-10-15(11-9-14)25-12-5-2)22-23-17(24)18(3)13-19(18,20)21/h8-11H,4-7,12-13H2,1-3H3,(H,23,24). The largest absolute Gasteiger partial charge is 0.494 e. The lowest BCUT2D eigenvalue weighted by Crippen LogP contribution is -2.30. The molecular formula is C19H26Cl2N2O2. The van der Waals surface area contributed by atoms with E-state index in [9.17, 15) is 4.79 Å². The summed E-state index contributed by atoms with van der Waals surface area (Å²) in [6.07, 6.45) is 4.25. The molecule has 2 rings (SSSR count). The van der Waals surface area contributed by atoms with Crippen LogP contribution in [-0.4, -0.2) is 22.6 Å². The lowest BCUT2D eigenvalue weighted by atomic mass is 10.0. The molecule has 1 saturated carbocycles. The van der Waals surface area contributed by atoms with Gasteiger partial charge in [0.05, 0.1) is 17.7 Å². The van der Waals surface area contributed by atoms with Crippen molar-refractivity contribution in [3.05, 3.63) is 29.8 Å². The summed E-state index contributed by atoms with van der Waals surface area (Å²) in [6.45, 7) is 6.65. The summed E-state index contributed by atoms with van der Waals surface area (Å²) < 4.78 is 4.61. The third-order valence-electron chi connectivity index (χ3n) is 4.48. The van der Waals surface area contributed by atoms with Crippen molar-refractivity contribution >= 4 is 34.8 Å². The Morgan fingerprint density at radius 3 is 2.40 bits per heavy atom. The van der Waals surface area contributed by atoms with Gasteiger partial charge in [-0.2, -0.15) is 5.10 Å². The molecule has 25 heavy (non-hydrogen) atoms. The normalized spacial score (nSPS) is 21.7. The van der Waals surface area contributed by atoms with Gasteiger partial charge in [-0.15, -0.1) is 23.2 Å². The highest BCUT2D eigenvalue weighted by molar-refractivity contribution is 6.53.